The van der Waals surface area contributed by atoms with Crippen LogP contribution in [0, 0.1) is 0 Å². The molecule has 1 aromatic heterocycles. The van der Waals surface area contributed by atoms with Crippen LogP contribution in [0.15, 0.2) is 18.3 Å². The van der Waals surface area contributed by atoms with Gasteiger partial charge in [-0.1, -0.05) is 6.07 Å². The van der Waals surface area contributed by atoms with Crippen molar-refractivity contribution in [2.75, 3.05) is 24.2 Å². The van der Waals surface area contributed by atoms with Crippen LogP contribution in [0.1, 0.15) is 19.4 Å². The number of morpholine rings is 1. The standard InChI is InChI=1S/C13H21N3O3S/c1-10-8-16(9-11(2)19-10)13-5-4-12(6-14-13)7-15-20(3,17)18/h4-6,10-11,15H,7-9H2,1-3H3. The van der Waals surface area contributed by atoms with Crippen LogP contribution in [0.2, 0.25) is 0 Å². The number of nitrogens with zero attached hydrogens (tertiary/aromatic N) is 2. The minimum absolute atomic E-state index is 0.187. The van der Waals surface area contributed by atoms with Crippen molar-refractivity contribution in [3.05, 3.63) is 23.9 Å². The van der Waals surface area contributed by atoms with Crippen molar-refractivity contribution in [2.45, 2.75) is 32.6 Å². The summed E-state index contributed by atoms with van der Waals surface area (Å²) in [7, 11) is -3.17. The molecule has 0 spiro atoms. The summed E-state index contributed by atoms with van der Waals surface area (Å²) in [5, 5.41) is 0. The quantitative estimate of drug-likeness (QED) is 0.888. The first-order valence-electron chi connectivity index (χ1n) is 6.63. The van der Waals surface area contributed by atoms with Gasteiger partial charge in [0.25, 0.3) is 0 Å². The SMILES string of the molecule is CC1CN(c2ccc(CNS(C)(=O)=O)cn2)CC(C)O1. The number of pyridine rings is 1. The number of aromatic nitrogens is 1. The molecule has 0 aliphatic carbocycles. The molecule has 1 aromatic rings. The Morgan fingerprint density at radius 3 is 2.50 bits per heavy atom. The Labute approximate surface area is 120 Å². The molecule has 2 rings (SSSR count). The van der Waals surface area contributed by atoms with Crippen molar-refractivity contribution in [2.24, 2.45) is 0 Å². The van der Waals surface area contributed by atoms with Crippen molar-refractivity contribution in [3.8, 4) is 0 Å². The lowest BCUT2D eigenvalue weighted by molar-refractivity contribution is -0.00545. The van der Waals surface area contributed by atoms with E-state index in [-0.39, 0.29) is 18.8 Å². The molecule has 0 aromatic carbocycles. The first kappa shape index (κ1) is 15.2. The molecule has 20 heavy (non-hydrogen) atoms. The van der Waals surface area contributed by atoms with Crippen molar-refractivity contribution < 1.29 is 13.2 Å². The Balaban J connectivity index is 2.00. The third kappa shape index (κ3) is 4.43. The Hall–Kier alpha value is -1.18. The zero-order valence-electron chi connectivity index (χ0n) is 12.0. The third-order valence-corrected chi connectivity index (χ3v) is 3.76. The summed E-state index contributed by atoms with van der Waals surface area (Å²) in [5.41, 5.74) is 0.841. The highest BCUT2D eigenvalue weighted by molar-refractivity contribution is 7.88. The summed E-state index contributed by atoms with van der Waals surface area (Å²) in [6, 6.07) is 3.81. The Bertz CT molecular complexity index is 534. The lowest BCUT2D eigenvalue weighted by Crippen LogP contribution is -2.45. The van der Waals surface area contributed by atoms with Gasteiger partial charge < -0.3 is 9.64 Å². The number of hydrogen-bond donors (Lipinski definition) is 1. The molecule has 2 unspecified atom stereocenters. The van der Waals surface area contributed by atoms with Gasteiger partial charge in [-0.2, -0.15) is 0 Å². The number of sulfonamides is 1. The molecule has 0 amide bonds. The largest absolute Gasteiger partial charge is 0.372 e. The lowest BCUT2D eigenvalue weighted by Gasteiger charge is -2.36. The van der Waals surface area contributed by atoms with Gasteiger partial charge in [0.1, 0.15) is 5.82 Å². The zero-order chi connectivity index (χ0) is 14.8. The van der Waals surface area contributed by atoms with Gasteiger partial charge in [0.15, 0.2) is 0 Å². The summed E-state index contributed by atoms with van der Waals surface area (Å²) in [5.74, 6) is 0.898. The minimum atomic E-state index is -3.17. The molecule has 0 radical (unpaired) electrons. The van der Waals surface area contributed by atoms with E-state index in [2.05, 4.69) is 14.6 Å². The second-order valence-electron chi connectivity index (χ2n) is 5.28. The maximum atomic E-state index is 11.0. The second kappa shape index (κ2) is 6.07. The molecule has 1 N–H and O–H groups in total. The first-order chi connectivity index (χ1) is 9.33. The third-order valence-electron chi connectivity index (χ3n) is 3.09. The molecule has 1 aliphatic heterocycles. The normalized spacial score (nSPS) is 23.9. The fraction of sp³-hybridized carbons (Fsp3) is 0.615. The number of rotatable bonds is 4. The fourth-order valence-electron chi connectivity index (χ4n) is 2.29. The Morgan fingerprint density at radius 2 is 2.00 bits per heavy atom. The van der Waals surface area contributed by atoms with Gasteiger partial charge in [-0.3, -0.25) is 0 Å². The van der Waals surface area contributed by atoms with Crippen LogP contribution < -0.4 is 9.62 Å². The molecule has 6 nitrogen and oxygen atoms in total. The summed E-state index contributed by atoms with van der Waals surface area (Å²) in [4.78, 5) is 6.59. The Morgan fingerprint density at radius 1 is 1.35 bits per heavy atom. The van der Waals surface area contributed by atoms with Gasteiger partial charge in [-0.15, -0.1) is 0 Å². The molecule has 2 heterocycles. The first-order valence-corrected chi connectivity index (χ1v) is 8.52. The van der Waals surface area contributed by atoms with Gasteiger partial charge in [-0.25, -0.2) is 18.1 Å². The molecule has 1 fully saturated rings. The molecular formula is C13H21N3O3S. The van der Waals surface area contributed by atoms with Crippen LogP contribution in [0.3, 0.4) is 0 Å². The highest BCUT2D eigenvalue weighted by atomic mass is 32.2. The predicted octanol–water partition coefficient (Wildman–Crippen LogP) is 0.744. The summed E-state index contributed by atoms with van der Waals surface area (Å²) >= 11 is 0. The van der Waals surface area contributed by atoms with Gasteiger partial charge in [-0.05, 0) is 25.5 Å². The maximum absolute atomic E-state index is 11.0. The minimum Gasteiger partial charge on any atom is -0.372 e. The second-order valence-corrected chi connectivity index (χ2v) is 7.11. The van der Waals surface area contributed by atoms with E-state index in [0.29, 0.717) is 0 Å². The molecule has 1 saturated heterocycles. The van der Waals surface area contributed by atoms with E-state index >= 15 is 0 Å². The van der Waals surface area contributed by atoms with Crippen molar-refractivity contribution in [1.82, 2.24) is 9.71 Å². The predicted molar refractivity (Wildman–Crippen MR) is 78.1 cm³/mol. The van der Waals surface area contributed by atoms with E-state index in [0.717, 1.165) is 30.7 Å². The van der Waals surface area contributed by atoms with Crippen LogP contribution in [0.25, 0.3) is 0 Å². The van der Waals surface area contributed by atoms with Crippen LogP contribution in [0.4, 0.5) is 5.82 Å². The number of ether oxygens (including phenoxy) is 1. The average Bonchev–Trinajstić information content (AvgIpc) is 2.35. The Kier molecular flexibility index (Phi) is 4.62. The van der Waals surface area contributed by atoms with Crippen LogP contribution in [-0.2, 0) is 21.3 Å². The smallest absolute Gasteiger partial charge is 0.209 e. The van der Waals surface area contributed by atoms with E-state index in [1.165, 1.54) is 0 Å². The van der Waals surface area contributed by atoms with Gasteiger partial charge in [0.05, 0.1) is 18.5 Å². The molecule has 112 valence electrons. The molecule has 0 saturated carbocycles. The lowest BCUT2D eigenvalue weighted by atomic mass is 10.2. The van der Waals surface area contributed by atoms with Crippen LogP contribution in [-0.4, -0.2) is 45.0 Å². The summed E-state index contributed by atoms with van der Waals surface area (Å²) < 4.78 is 30.2. The monoisotopic (exact) mass is 299 g/mol. The highest BCUT2D eigenvalue weighted by Crippen LogP contribution is 2.18. The number of nitrogens with one attached hydrogen (secondary N) is 1. The molecular weight excluding hydrogens is 278 g/mol. The summed E-state index contributed by atoms with van der Waals surface area (Å²) in [6.07, 6.45) is 3.23. The van der Waals surface area contributed by atoms with E-state index < -0.39 is 10.0 Å². The van der Waals surface area contributed by atoms with E-state index in [9.17, 15) is 8.42 Å². The van der Waals surface area contributed by atoms with E-state index in [1.807, 2.05) is 26.0 Å². The van der Waals surface area contributed by atoms with Crippen LogP contribution in [0.5, 0.6) is 0 Å². The van der Waals surface area contributed by atoms with Gasteiger partial charge >= 0.3 is 0 Å². The van der Waals surface area contributed by atoms with Crippen molar-refractivity contribution in [1.29, 1.82) is 0 Å². The summed E-state index contributed by atoms with van der Waals surface area (Å²) in [6.45, 7) is 6.00. The van der Waals surface area contributed by atoms with Crippen LogP contribution >= 0.6 is 0 Å². The number of hydrogen-bond acceptors (Lipinski definition) is 5. The van der Waals surface area contributed by atoms with Crippen molar-refractivity contribution in [3.63, 3.8) is 0 Å². The molecule has 0 bridgehead atoms. The molecule has 7 heteroatoms. The number of anilines is 1. The average molecular weight is 299 g/mol. The topological polar surface area (TPSA) is 71.5 Å². The van der Waals surface area contributed by atoms with E-state index in [4.69, 9.17) is 4.74 Å². The van der Waals surface area contributed by atoms with Crippen molar-refractivity contribution >= 4 is 15.8 Å². The zero-order valence-corrected chi connectivity index (χ0v) is 12.9. The maximum Gasteiger partial charge on any atom is 0.209 e. The van der Waals surface area contributed by atoms with Gasteiger partial charge in [0, 0.05) is 25.8 Å². The molecule has 1 aliphatic rings. The highest BCUT2D eigenvalue weighted by Gasteiger charge is 2.22. The molecule has 2 atom stereocenters. The van der Waals surface area contributed by atoms with E-state index in [1.54, 1.807) is 6.20 Å². The fourth-order valence-corrected chi connectivity index (χ4v) is 2.72. The van der Waals surface area contributed by atoms with Gasteiger partial charge in [0.2, 0.25) is 10.0 Å².